The molecule has 20 heavy (non-hydrogen) atoms. The summed E-state index contributed by atoms with van der Waals surface area (Å²) in [6.07, 6.45) is 0.0812. The lowest BCUT2D eigenvalue weighted by Crippen LogP contribution is -2.16. The van der Waals surface area contributed by atoms with E-state index in [2.05, 4.69) is 0 Å². The fraction of sp³-hybridized carbons (Fsp3) is 0.294. The number of nitrogens with two attached hydrogens (primary N) is 1. The van der Waals surface area contributed by atoms with Crippen molar-refractivity contribution in [3.05, 3.63) is 65.0 Å². The largest absolute Gasteiger partial charge is 0.491 e. The Morgan fingerprint density at radius 1 is 1.05 bits per heavy atom. The molecule has 0 radical (unpaired) electrons. The highest BCUT2D eigenvalue weighted by Crippen LogP contribution is 2.30. The van der Waals surface area contributed by atoms with Gasteiger partial charge in [-0.2, -0.15) is 0 Å². The Hall–Kier alpha value is -1.87. The predicted molar refractivity (Wildman–Crippen MR) is 79.4 cm³/mol. The highest BCUT2D eigenvalue weighted by molar-refractivity contribution is 5.43. The van der Waals surface area contributed by atoms with E-state index in [1.54, 1.807) is 6.07 Å². The maximum atomic E-state index is 13.2. The Labute approximate surface area is 119 Å². The van der Waals surface area contributed by atoms with E-state index in [4.69, 9.17) is 10.5 Å². The van der Waals surface area contributed by atoms with Gasteiger partial charge in [-0.1, -0.05) is 24.3 Å². The fourth-order valence-electron chi connectivity index (χ4n) is 2.25. The maximum absolute atomic E-state index is 13.2. The van der Waals surface area contributed by atoms with Gasteiger partial charge in [0.1, 0.15) is 11.6 Å². The van der Waals surface area contributed by atoms with Crippen molar-refractivity contribution < 1.29 is 9.13 Å². The fourth-order valence-corrected chi connectivity index (χ4v) is 2.25. The van der Waals surface area contributed by atoms with Crippen LogP contribution in [0.2, 0.25) is 0 Å². The second-order valence-electron chi connectivity index (χ2n) is 5.18. The first-order chi connectivity index (χ1) is 9.49. The van der Waals surface area contributed by atoms with Gasteiger partial charge in [-0.15, -0.1) is 0 Å². The molecule has 0 aliphatic carbocycles. The van der Waals surface area contributed by atoms with Crippen LogP contribution < -0.4 is 10.5 Å². The number of aryl methyl sites for hydroxylation is 1. The van der Waals surface area contributed by atoms with E-state index in [1.165, 1.54) is 12.1 Å². The van der Waals surface area contributed by atoms with E-state index in [0.717, 1.165) is 22.4 Å². The third-order valence-electron chi connectivity index (χ3n) is 3.18. The van der Waals surface area contributed by atoms with E-state index >= 15 is 0 Å². The van der Waals surface area contributed by atoms with Crippen molar-refractivity contribution in [3.8, 4) is 5.75 Å². The number of para-hydroxylation sites is 1. The van der Waals surface area contributed by atoms with Crippen LogP contribution in [0, 0.1) is 12.7 Å². The highest BCUT2D eigenvalue weighted by atomic mass is 19.1. The van der Waals surface area contributed by atoms with Crippen LogP contribution in [-0.4, -0.2) is 6.10 Å². The van der Waals surface area contributed by atoms with Crippen molar-refractivity contribution in [2.45, 2.75) is 32.9 Å². The van der Waals surface area contributed by atoms with Crippen molar-refractivity contribution in [2.24, 2.45) is 5.73 Å². The van der Waals surface area contributed by atoms with Crippen molar-refractivity contribution >= 4 is 0 Å². The van der Waals surface area contributed by atoms with Crippen molar-refractivity contribution in [1.29, 1.82) is 0 Å². The van der Waals surface area contributed by atoms with Gasteiger partial charge in [-0.3, -0.25) is 0 Å². The molecule has 2 aromatic rings. The number of halogens is 1. The first-order valence-corrected chi connectivity index (χ1v) is 6.76. The second kappa shape index (κ2) is 6.06. The Bertz CT molecular complexity index is 595. The molecule has 0 aliphatic heterocycles. The molecule has 0 heterocycles. The molecule has 0 spiro atoms. The summed E-state index contributed by atoms with van der Waals surface area (Å²) in [7, 11) is 0. The molecule has 106 valence electrons. The average Bonchev–Trinajstić information content (AvgIpc) is 2.38. The van der Waals surface area contributed by atoms with Gasteiger partial charge in [0, 0.05) is 5.56 Å². The van der Waals surface area contributed by atoms with Crippen LogP contribution in [-0.2, 0) is 0 Å². The molecule has 2 aromatic carbocycles. The van der Waals surface area contributed by atoms with Crippen LogP contribution in [0.15, 0.2) is 42.5 Å². The minimum Gasteiger partial charge on any atom is -0.491 e. The highest BCUT2D eigenvalue weighted by Gasteiger charge is 2.16. The first kappa shape index (κ1) is 14.5. The summed E-state index contributed by atoms with van der Waals surface area (Å²) in [4.78, 5) is 0. The lowest BCUT2D eigenvalue weighted by Gasteiger charge is -2.20. The second-order valence-corrected chi connectivity index (χ2v) is 5.18. The smallest absolute Gasteiger partial charge is 0.124 e. The number of hydrogen-bond acceptors (Lipinski definition) is 2. The summed E-state index contributed by atoms with van der Waals surface area (Å²) in [5, 5.41) is 0. The third kappa shape index (κ3) is 3.17. The molecule has 1 atom stereocenters. The standard InChI is InChI=1S/C17H20FNO/c1-11(2)20-16-7-5-4-6-15(16)17(19)14-9-8-13(18)10-12(14)3/h4-11,17H,19H2,1-3H3. The first-order valence-electron chi connectivity index (χ1n) is 6.76. The molecule has 2 nitrogen and oxygen atoms in total. The van der Waals surface area contributed by atoms with Gasteiger partial charge in [0.05, 0.1) is 12.1 Å². The zero-order valence-electron chi connectivity index (χ0n) is 12.1. The summed E-state index contributed by atoms with van der Waals surface area (Å²) in [6.45, 7) is 5.82. The normalized spacial score (nSPS) is 12.5. The molecule has 0 aromatic heterocycles. The molecule has 2 N–H and O–H groups in total. The van der Waals surface area contributed by atoms with Crippen LogP contribution in [0.4, 0.5) is 4.39 Å². The molecular weight excluding hydrogens is 253 g/mol. The van der Waals surface area contributed by atoms with Gasteiger partial charge >= 0.3 is 0 Å². The molecule has 1 unspecified atom stereocenters. The van der Waals surface area contributed by atoms with Crippen LogP contribution in [0.3, 0.4) is 0 Å². The summed E-state index contributed by atoms with van der Waals surface area (Å²) in [6, 6.07) is 12.1. The molecule has 0 saturated heterocycles. The summed E-state index contributed by atoms with van der Waals surface area (Å²) < 4.78 is 19.0. The van der Waals surface area contributed by atoms with Gasteiger partial charge in [0.2, 0.25) is 0 Å². The Balaban J connectivity index is 2.40. The zero-order chi connectivity index (χ0) is 14.7. The lowest BCUT2D eigenvalue weighted by atomic mass is 9.95. The average molecular weight is 273 g/mol. The van der Waals surface area contributed by atoms with E-state index in [1.807, 2.05) is 45.0 Å². The molecular formula is C17H20FNO. The Morgan fingerprint density at radius 3 is 2.40 bits per heavy atom. The van der Waals surface area contributed by atoms with Gasteiger partial charge in [0.25, 0.3) is 0 Å². The van der Waals surface area contributed by atoms with Crippen LogP contribution >= 0.6 is 0 Å². The topological polar surface area (TPSA) is 35.2 Å². The molecule has 0 saturated carbocycles. The van der Waals surface area contributed by atoms with Gasteiger partial charge in [-0.05, 0) is 50.1 Å². The summed E-state index contributed by atoms with van der Waals surface area (Å²) >= 11 is 0. The Morgan fingerprint density at radius 2 is 1.75 bits per heavy atom. The van der Waals surface area contributed by atoms with Gasteiger partial charge < -0.3 is 10.5 Å². The van der Waals surface area contributed by atoms with Crippen molar-refractivity contribution in [3.63, 3.8) is 0 Å². The minimum absolute atomic E-state index is 0.0812. The molecule has 0 fully saturated rings. The van der Waals surface area contributed by atoms with Gasteiger partial charge in [-0.25, -0.2) is 4.39 Å². The van der Waals surface area contributed by atoms with Crippen LogP contribution in [0.25, 0.3) is 0 Å². The number of benzene rings is 2. The third-order valence-corrected chi connectivity index (χ3v) is 3.18. The van der Waals surface area contributed by atoms with E-state index in [9.17, 15) is 4.39 Å². The lowest BCUT2D eigenvalue weighted by molar-refractivity contribution is 0.239. The minimum atomic E-state index is -0.328. The van der Waals surface area contributed by atoms with Gasteiger partial charge in [0.15, 0.2) is 0 Å². The molecule has 3 heteroatoms. The van der Waals surface area contributed by atoms with Crippen LogP contribution in [0.1, 0.15) is 36.6 Å². The van der Waals surface area contributed by atoms with Crippen LogP contribution in [0.5, 0.6) is 5.75 Å². The monoisotopic (exact) mass is 273 g/mol. The SMILES string of the molecule is Cc1cc(F)ccc1C(N)c1ccccc1OC(C)C. The van der Waals surface area contributed by atoms with E-state index < -0.39 is 0 Å². The quantitative estimate of drug-likeness (QED) is 0.914. The number of hydrogen-bond donors (Lipinski definition) is 1. The summed E-state index contributed by atoms with van der Waals surface area (Å²) in [5.41, 5.74) is 9.01. The maximum Gasteiger partial charge on any atom is 0.124 e. The molecule has 0 aliphatic rings. The number of rotatable bonds is 4. The zero-order valence-corrected chi connectivity index (χ0v) is 12.1. The van der Waals surface area contributed by atoms with E-state index in [-0.39, 0.29) is 18.0 Å². The van der Waals surface area contributed by atoms with Crippen molar-refractivity contribution in [2.75, 3.05) is 0 Å². The Kier molecular flexibility index (Phi) is 4.40. The predicted octanol–water partition coefficient (Wildman–Crippen LogP) is 3.97. The molecule has 2 rings (SSSR count). The molecule has 0 bridgehead atoms. The molecule has 0 amide bonds. The number of ether oxygens (including phenoxy) is 1. The van der Waals surface area contributed by atoms with E-state index in [0.29, 0.717) is 0 Å². The summed E-state index contributed by atoms with van der Waals surface area (Å²) in [5.74, 6) is 0.531. The van der Waals surface area contributed by atoms with Crippen molar-refractivity contribution in [1.82, 2.24) is 0 Å².